The molecule has 2 amide bonds. The molecule has 0 bridgehead atoms. The van der Waals surface area contributed by atoms with E-state index in [1.54, 1.807) is 30.3 Å². The lowest BCUT2D eigenvalue weighted by Gasteiger charge is -2.37. The molecule has 3 aromatic rings. The number of carbonyl (C=O) groups is 1. The van der Waals surface area contributed by atoms with E-state index in [2.05, 4.69) is 15.6 Å². The minimum absolute atomic E-state index is 0.00613. The van der Waals surface area contributed by atoms with Gasteiger partial charge in [-0.2, -0.15) is 13.2 Å². The number of rotatable bonds is 6. The summed E-state index contributed by atoms with van der Waals surface area (Å²) in [6.07, 6.45) is -0.606. The highest BCUT2D eigenvalue weighted by atomic mass is 35.5. The molecule has 1 fully saturated rings. The Morgan fingerprint density at radius 2 is 1.68 bits per heavy atom. The second kappa shape index (κ2) is 11.1. The van der Waals surface area contributed by atoms with Crippen LogP contribution in [-0.2, 0) is 18.1 Å². The number of aromatic nitrogens is 1. The molecule has 1 aromatic heterocycles. The number of halogens is 5. The Kier molecular flexibility index (Phi) is 8.04. The van der Waals surface area contributed by atoms with E-state index in [0.29, 0.717) is 29.5 Å². The molecule has 1 saturated carbocycles. The molecule has 4 rings (SSSR count). The Labute approximate surface area is 217 Å². The summed E-state index contributed by atoms with van der Waals surface area (Å²) in [7, 11) is 0. The Bertz CT molecular complexity index is 1220. The zero-order valence-corrected chi connectivity index (χ0v) is 20.6. The van der Waals surface area contributed by atoms with Gasteiger partial charge in [-0.15, -0.1) is 0 Å². The van der Waals surface area contributed by atoms with E-state index < -0.39 is 29.1 Å². The highest BCUT2D eigenvalue weighted by Crippen LogP contribution is 2.38. The summed E-state index contributed by atoms with van der Waals surface area (Å²) >= 11 is 6.04. The molecule has 10 heteroatoms. The van der Waals surface area contributed by atoms with Crippen LogP contribution in [0.5, 0.6) is 0 Å². The van der Waals surface area contributed by atoms with Gasteiger partial charge in [-0.05, 0) is 67.1 Å². The van der Waals surface area contributed by atoms with Crippen LogP contribution in [0.3, 0.4) is 0 Å². The number of nitrogens with one attached hydrogen (secondary N) is 2. The summed E-state index contributed by atoms with van der Waals surface area (Å²) in [6, 6.07) is 13.5. The topological polar surface area (TPSA) is 80.0 Å². The SMILES string of the molecule is N[C@H]1CC[C@H](NC(=O)N[C@@](Cc2ccccc2)(c2cc(F)cc(C(F)(F)F)c2)c2ccc(Cl)cn2)CC1. The van der Waals surface area contributed by atoms with E-state index in [1.807, 2.05) is 0 Å². The maximum atomic E-state index is 14.7. The predicted octanol–water partition coefficient (Wildman–Crippen LogP) is 5.95. The van der Waals surface area contributed by atoms with Gasteiger partial charge in [0.1, 0.15) is 11.4 Å². The predicted molar refractivity (Wildman–Crippen MR) is 133 cm³/mol. The van der Waals surface area contributed by atoms with Crippen LogP contribution in [0.25, 0.3) is 0 Å². The average Bonchev–Trinajstić information content (AvgIpc) is 2.85. The van der Waals surface area contributed by atoms with Crippen LogP contribution < -0.4 is 16.4 Å². The minimum Gasteiger partial charge on any atom is -0.335 e. The van der Waals surface area contributed by atoms with Crippen LogP contribution in [0.4, 0.5) is 22.4 Å². The summed E-state index contributed by atoms with van der Waals surface area (Å²) in [5.41, 5.74) is 3.96. The number of pyridine rings is 1. The summed E-state index contributed by atoms with van der Waals surface area (Å²) in [5, 5.41) is 6.09. The van der Waals surface area contributed by atoms with Crippen molar-refractivity contribution in [1.82, 2.24) is 15.6 Å². The van der Waals surface area contributed by atoms with Gasteiger partial charge in [0.15, 0.2) is 0 Å². The highest BCUT2D eigenvalue weighted by molar-refractivity contribution is 6.30. The van der Waals surface area contributed by atoms with E-state index in [0.717, 1.165) is 25.0 Å². The van der Waals surface area contributed by atoms with Gasteiger partial charge in [0.05, 0.1) is 16.3 Å². The molecular weight excluding hydrogens is 508 g/mol. The molecule has 1 aliphatic carbocycles. The van der Waals surface area contributed by atoms with Gasteiger partial charge in [0.2, 0.25) is 0 Å². The van der Waals surface area contributed by atoms with Crippen molar-refractivity contribution in [2.45, 2.75) is 55.9 Å². The lowest BCUT2D eigenvalue weighted by molar-refractivity contribution is -0.137. The fraction of sp³-hybridized carbons (Fsp3) is 0.333. The van der Waals surface area contributed by atoms with Crippen molar-refractivity contribution >= 4 is 17.6 Å². The number of nitrogens with zero attached hydrogens (tertiary/aromatic N) is 1. The fourth-order valence-electron chi connectivity index (χ4n) is 4.73. The molecule has 0 spiro atoms. The van der Waals surface area contributed by atoms with Crippen molar-refractivity contribution < 1.29 is 22.4 Å². The number of alkyl halides is 3. The normalized spacial score (nSPS) is 19.6. The smallest absolute Gasteiger partial charge is 0.335 e. The number of nitrogens with two attached hydrogens (primary N) is 1. The first-order valence-corrected chi connectivity index (χ1v) is 12.3. The van der Waals surface area contributed by atoms with Crippen LogP contribution in [-0.4, -0.2) is 23.1 Å². The molecule has 0 saturated heterocycles. The second-order valence-electron chi connectivity index (χ2n) is 9.37. The van der Waals surface area contributed by atoms with Crippen LogP contribution >= 0.6 is 11.6 Å². The van der Waals surface area contributed by atoms with Crippen LogP contribution in [0, 0.1) is 5.82 Å². The number of carbonyl (C=O) groups excluding carboxylic acids is 1. The lowest BCUT2D eigenvalue weighted by atomic mass is 9.79. The summed E-state index contributed by atoms with van der Waals surface area (Å²) in [5.74, 6) is -1.08. The van der Waals surface area contributed by atoms with E-state index in [-0.39, 0.29) is 29.8 Å². The highest BCUT2D eigenvalue weighted by Gasteiger charge is 2.41. The van der Waals surface area contributed by atoms with Crippen molar-refractivity contribution in [3.05, 3.63) is 100 Å². The first-order valence-electron chi connectivity index (χ1n) is 11.9. The molecule has 4 N–H and O–H groups in total. The molecule has 2 aromatic carbocycles. The lowest BCUT2D eigenvalue weighted by Crippen LogP contribution is -2.55. The Balaban J connectivity index is 1.84. The second-order valence-corrected chi connectivity index (χ2v) is 9.80. The zero-order chi connectivity index (χ0) is 26.6. The molecule has 1 atom stereocenters. The minimum atomic E-state index is -4.80. The van der Waals surface area contributed by atoms with E-state index in [9.17, 15) is 22.4 Å². The van der Waals surface area contributed by atoms with Crippen molar-refractivity contribution in [3.63, 3.8) is 0 Å². The monoisotopic (exact) mass is 534 g/mol. The number of urea groups is 1. The van der Waals surface area contributed by atoms with Gasteiger partial charge in [0, 0.05) is 24.7 Å². The third kappa shape index (κ3) is 6.59. The first kappa shape index (κ1) is 26.9. The number of hydrogen-bond donors (Lipinski definition) is 3. The zero-order valence-electron chi connectivity index (χ0n) is 19.9. The molecule has 5 nitrogen and oxygen atoms in total. The Morgan fingerprint density at radius 1 is 1.00 bits per heavy atom. The summed E-state index contributed by atoms with van der Waals surface area (Å²) in [4.78, 5) is 17.7. The molecule has 196 valence electrons. The van der Waals surface area contributed by atoms with Gasteiger partial charge in [-0.1, -0.05) is 41.9 Å². The van der Waals surface area contributed by atoms with Gasteiger partial charge in [-0.25, -0.2) is 9.18 Å². The van der Waals surface area contributed by atoms with Crippen LogP contribution in [0.15, 0.2) is 66.9 Å². The van der Waals surface area contributed by atoms with Gasteiger partial charge in [-0.3, -0.25) is 4.98 Å². The molecule has 0 unspecified atom stereocenters. The van der Waals surface area contributed by atoms with Crippen molar-refractivity contribution in [2.75, 3.05) is 0 Å². The average molecular weight is 535 g/mol. The van der Waals surface area contributed by atoms with Gasteiger partial charge < -0.3 is 16.4 Å². The third-order valence-corrected chi connectivity index (χ3v) is 6.85. The van der Waals surface area contributed by atoms with Crippen molar-refractivity contribution in [2.24, 2.45) is 5.73 Å². The van der Waals surface area contributed by atoms with Gasteiger partial charge >= 0.3 is 12.2 Å². The van der Waals surface area contributed by atoms with Gasteiger partial charge in [0.25, 0.3) is 0 Å². The number of hydrogen-bond acceptors (Lipinski definition) is 3. The number of benzene rings is 2. The fourth-order valence-corrected chi connectivity index (χ4v) is 4.84. The van der Waals surface area contributed by atoms with Crippen molar-refractivity contribution in [3.8, 4) is 0 Å². The first-order chi connectivity index (χ1) is 17.5. The summed E-state index contributed by atoms with van der Waals surface area (Å²) in [6.45, 7) is 0. The molecule has 0 aliphatic heterocycles. The van der Waals surface area contributed by atoms with Crippen molar-refractivity contribution in [1.29, 1.82) is 0 Å². The molecule has 1 heterocycles. The summed E-state index contributed by atoms with van der Waals surface area (Å²) < 4.78 is 55.8. The van der Waals surface area contributed by atoms with Crippen LogP contribution in [0.1, 0.15) is 48.1 Å². The number of amides is 2. The Morgan fingerprint density at radius 3 is 2.30 bits per heavy atom. The van der Waals surface area contributed by atoms with E-state index in [1.165, 1.54) is 18.3 Å². The maximum Gasteiger partial charge on any atom is 0.416 e. The van der Waals surface area contributed by atoms with E-state index in [4.69, 9.17) is 17.3 Å². The molecule has 1 aliphatic rings. The quantitative estimate of drug-likeness (QED) is 0.342. The third-order valence-electron chi connectivity index (χ3n) is 6.63. The molecular formula is C27H27ClF4N4O. The molecule has 37 heavy (non-hydrogen) atoms. The Hall–Kier alpha value is -3.17. The molecule has 0 radical (unpaired) electrons. The largest absolute Gasteiger partial charge is 0.416 e. The van der Waals surface area contributed by atoms with E-state index >= 15 is 0 Å². The maximum absolute atomic E-state index is 14.7. The van der Waals surface area contributed by atoms with Crippen LogP contribution in [0.2, 0.25) is 5.02 Å². The standard InChI is InChI=1S/C27H27ClF4N4O/c28-20-6-11-24(34-16-20)26(15-17-4-2-1-3-5-17,18-12-19(27(30,31)32)14-21(29)13-18)36-25(37)35-23-9-7-22(33)8-10-23/h1-6,11-14,16,22-23H,7-10,15,33H2,(H2,35,36,37)/t22-,23-,26-/m0/s1.